The van der Waals surface area contributed by atoms with E-state index < -0.39 is 4.92 Å². The standard InChI is InChI=1S/C15H15N5O3/c21-15-16-7-2-8-19(15)12-4-1-3-11(9-12)18-14-6-5-13(10-17-14)20(22)23/h1,3-6,9-10H,2,7-8H2,(H,16,21)(H,17,18). The van der Waals surface area contributed by atoms with Gasteiger partial charge in [-0.1, -0.05) is 6.07 Å². The minimum absolute atomic E-state index is 0.0608. The summed E-state index contributed by atoms with van der Waals surface area (Å²) in [6, 6.07) is 10.2. The molecule has 0 aliphatic carbocycles. The van der Waals surface area contributed by atoms with Crippen LogP contribution < -0.4 is 15.5 Å². The predicted octanol–water partition coefficient (Wildman–Crippen LogP) is 2.65. The van der Waals surface area contributed by atoms with Crippen molar-refractivity contribution in [3.8, 4) is 0 Å². The fraction of sp³-hybridized carbons (Fsp3) is 0.200. The molecule has 0 radical (unpaired) electrons. The zero-order valence-electron chi connectivity index (χ0n) is 12.2. The lowest BCUT2D eigenvalue weighted by Gasteiger charge is -2.27. The van der Waals surface area contributed by atoms with E-state index in [-0.39, 0.29) is 11.7 Å². The van der Waals surface area contributed by atoms with Gasteiger partial charge in [0.2, 0.25) is 0 Å². The molecular formula is C15H15N5O3. The fourth-order valence-corrected chi connectivity index (χ4v) is 2.34. The Morgan fingerprint density at radius 2 is 2.17 bits per heavy atom. The highest BCUT2D eigenvalue weighted by Crippen LogP contribution is 2.23. The fourth-order valence-electron chi connectivity index (χ4n) is 2.34. The van der Waals surface area contributed by atoms with Crippen molar-refractivity contribution >= 4 is 28.9 Å². The molecule has 118 valence electrons. The van der Waals surface area contributed by atoms with Gasteiger partial charge in [0.15, 0.2) is 0 Å². The van der Waals surface area contributed by atoms with Crippen molar-refractivity contribution in [2.75, 3.05) is 23.3 Å². The largest absolute Gasteiger partial charge is 0.340 e. The number of hydrogen-bond acceptors (Lipinski definition) is 5. The van der Waals surface area contributed by atoms with Gasteiger partial charge in [-0.3, -0.25) is 15.0 Å². The van der Waals surface area contributed by atoms with Gasteiger partial charge in [0.1, 0.15) is 12.0 Å². The molecule has 8 heteroatoms. The number of nitrogens with zero attached hydrogens (tertiary/aromatic N) is 3. The molecular weight excluding hydrogens is 298 g/mol. The molecule has 23 heavy (non-hydrogen) atoms. The van der Waals surface area contributed by atoms with E-state index in [9.17, 15) is 14.9 Å². The van der Waals surface area contributed by atoms with Gasteiger partial charge in [-0.05, 0) is 30.7 Å². The minimum atomic E-state index is -0.494. The van der Waals surface area contributed by atoms with Gasteiger partial charge < -0.3 is 10.6 Å². The number of amides is 2. The van der Waals surface area contributed by atoms with Gasteiger partial charge in [-0.25, -0.2) is 9.78 Å². The van der Waals surface area contributed by atoms with Crippen molar-refractivity contribution in [1.82, 2.24) is 10.3 Å². The van der Waals surface area contributed by atoms with Crippen molar-refractivity contribution in [2.45, 2.75) is 6.42 Å². The van der Waals surface area contributed by atoms with E-state index in [2.05, 4.69) is 15.6 Å². The molecule has 0 unspecified atom stereocenters. The molecule has 1 fully saturated rings. The van der Waals surface area contributed by atoms with Crippen LogP contribution in [0, 0.1) is 10.1 Å². The average molecular weight is 313 g/mol. The molecule has 2 aromatic rings. The monoisotopic (exact) mass is 313 g/mol. The van der Waals surface area contributed by atoms with Crippen LogP contribution in [0.25, 0.3) is 0 Å². The summed E-state index contributed by atoms with van der Waals surface area (Å²) in [7, 11) is 0. The number of carbonyl (C=O) groups is 1. The first-order valence-electron chi connectivity index (χ1n) is 7.16. The van der Waals surface area contributed by atoms with Gasteiger partial charge in [0, 0.05) is 30.5 Å². The lowest BCUT2D eigenvalue weighted by molar-refractivity contribution is -0.385. The maximum absolute atomic E-state index is 11.9. The first-order chi connectivity index (χ1) is 11.1. The number of urea groups is 1. The van der Waals surface area contributed by atoms with E-state index in [1.165, 1.54) is 12.3 Å². The van der Waals surface area contributed by atoms with Gasteiger partial charge in [0.05, 0.1) is 4.92 Å². The molecule has 0 atom stereocenters. The molecule has 1 aromatic heterocycles. The van der Waals surface area contributed by atoms with Crippen LogP contribution in [0.4, 0.5) is 27.7 Å². The number of carbonyl (C=O) groups excluding carboxylic acids is 1. The molecule has 2 heterocycles. The summed E-state index contributed by atoms with van der Waals surface area (Å²) in [6.07, 6.45) is 2.09. The van der Waals surface area contributed by atoms with Crippen LogP contribution in [0.2, 0.25) is 0 Å². The summed E-state index contributed by atoms with van der Waals surface area (Å²) in [5, 5.41) is 16.5. The average Bonchev–Trinajstić information content (AvgIpc) is 2.56. The van der Waals surface area contributed by atoms with Crippen LogP contribution in [0.5, 0.6) is 0 Å². The third kappa shape index (κ3) is 3.37. The van der Waals surface area contributed by atoms with Crippen LogP contribution in [-0.4, -0.2) is 29.0 Å². The van der Waals surface area contributed by atoms with Crippen LogP contribution >= 0.6 is 0 Å². The molecule has 3 rings (SSSR count). The number of benzene rings is 1. The predicted molar refractivity (Wildman–Crippen MR) is 86.0 cm³/mol. The number of hydrogen-bond donors (Lipinski definition) is 2. The summed E-state index contributed by atoms with van der Waals surface area (Å²) >= 11 is 0. The molecule has 0 spiro atoms. The lowest BCUT2D eigenvalue weighted by Crippen LogP contribution is -2.46. The van der Waals surface area contributed by atoms with E-state index in [4.69, 9.17) is 0 Å². The first-order valence-corrected chi connectivity index (χ1v) is 7.16. The molecule has 2 N–H and O–H groups in total. The molecule has 1 saturated heterocycles. The summed E-state index contributed by atoms with van der Waals surface area (Å²) in [4.78, 5) is 27.7. The molecule has 1 aliphatic rings. The highest BCUT2D eigenvalue weighted by molar-refractivity contribution is 5.93. The zero-order chi connectivity index (χ0) is 16.2. The van der Waals surface area contributed by atoms with Gasteiger partial charge in [0.25, 0.3) is 5.69 Å². The molecule has 2 amide bonds. The van der Waals surface area contributed by atoms with E-state index in [1.807, 2.05) is 24.3 Å². The Balaban J connectivity index is 1.77. The SMILES string of the molecule is O=C1NCCCN1c1cccc(Nc2ccc([N+](=O)[O-])cn2)c1. The third-order valence-electron chi connectivity index (χ3n) is 3.47. The van der Waals surface area contributed by atoms with Gasteiger partial charge in [-0.2, -0.15) is 0 Å². The number of rotatable bonds is 4. The van der Waals surface area contributed by atoms with Crippen LogP contribution in [0.3, 0.4) is 0 Å². The molecule has 0 bridgehead atoms. The summed E-state index contributed by atoms with van der Waals surface area (Å²) < 4.78 is 0. The Morgan fingerprint density at radius 3 is 2.87 bits per heavy atom. The van der Waals surface area contributed by atoms with Crippen molar-refractivity contribution in [3.63, 3.8) is 0 Å². The van der Waals surface area contributed by atoms with Crippen LogP contribution in [0.15, 0.2) is 42.6 Å². The van der Waals surface area contributed by atoms with Crippen molar-refractivity contribution in [3.05, 3.63) is 52.7 Å². The lowest BCUT2D eigenvalue weighted by atomic mass is 10.2. The minimum Gasteiger partial charge on any atom is -0.340 e. The maximum atomic E-state index is 11.9. The maximum Gasteiger partial charge on any atom is 0.321 e. The Kier molecular flexibility index (Phi) is 4.05. The van der Waals surface area contributed by atoms with E-state index in [0.29, 0.717) is 18.9 Å². The normalized spacial score (nSPS) is 14.3. The van der Waals surface area contributed by atoms with E-state index in [0.717, 1.165) is 17.8 Å². The van der Waals surface area contributed by atoms with Crippen molar-refractivity contribution in [1.29, 1.82) is 0 Å². The number of nitrogens with one attached hydrogen (secondary N) is 2. The van der Waals surface area contributed by atoms with Crippen LogP contribution in [0.1, 0.15) is 6.42 Å². The number of pyridine rings is 1. The number of aromatic nitrogens is 1. The topological polar surface area (TPSA) is 100 Å². The number of anilines is 3. The van der Waals surface area contributed by atoms with Gasteiger partial charge >= 0.3 is 6.03 Å². The van der Waals surface area contributed by atoms with Crippen LogP contribution in [-0.2, 0) is 0 Å². The van der Waals surface area contributed by atoms with Gasteiger partial charge in [-0.15, -0.1) is 0 Å². The van der Waals surface area contributed by atoms with Crippen molar-refractivity contribution < 1.29 is 9.72 Å². The van der Waals surface area contributed by atoms with Crippen molar-refractivity contribution in [2.24, 2.45) is 0 Å². The quantitative estimate of drug-likeness (QED) is 0.667. The first kappa shape index (κ1) is 14.8. The van der Waals surface area contributed by atoms with E-state index in [1.54, 1.807) is 11.0 Å². The number of nitro groups is 1. The highest BCUT2D eigenvalue weighted by Gasteiger charge is 2.19. The Bertz CT molecular complexity index is 732. The molecule has 8 nitrogen and oxygen atoms in total. The molecule has 0 saturated carbocycles. The second-order valence-electron chi connectivity index (χ2n) is 5.07. The Hall–Kier alpha value is -3.16. The molecule has 1 aromatic carbocycles. The smallest absolute Gasteiger partial charge is 0.321 e. The van der Waals surface area contributed by atoms with E-state index >= 15 is 0 Å². The second kappa shape index (κ2) is 6.30. The summed E-state index contributed by atoms with van der Waals surface area (Å²) in [5.74, 6) is 0.496. The Morgan fingerprint density at radius 1 is 1.30 bits per heavy atom. The zero-order valence-corrected chi connectivity index (χ0v) is 12.2. The Labute approximate surface area is 132 Å². The third-order valence-corrected chi connectivity index (χ3v) is 3.47. The molecule has 1 aliphatic heterocycles. The summed E-state index contributed by atoms with van der Waals surface area (Å²) in [5.41, 5.74) is 1.48. The summed E-state index contributed by atoms with van der Waals surface area (Å²) in [6.45, 7) is 1.37. The highest BCUT2D eigenvalue weighted by atomic mass is 16.6. The second-order valence-corrected chi connectivity index (χ2v) is 5.07.